The number of carbonyl (C=O) groups excluding carboxylic acids is 1. The van der Waals surface area contributed by atoms with Gasteiger partial charge in [0.25, 0.3) is 5.92 Å². The van der Waals surface area contributed by atoms with Crippen molar-refractivity contribution < 1.29 is 18.3 Å². The molecule has 1 atom stereocenters. The first-order valence-corrected chi connectivity index (χ1v) is 4.33. The van der Waals surface area contributed by atoms with Crippen LogP contribution in [0.5, 0.6) is 0 Å². The molecule has 0 amide bonds. The number of ketones is 1. The van der Waals surface area contributed by atoms with Crippen molar-refractivity contribution in [3.63, 3.8) is 0 Å². The van der Waals surface area contributed by atoms with E-state index in [1.54, 1.807) is 13.8 Å². The number of hydrogen-bond donors (Lipinski definition) is 0. The van der Waals surface area contributed by atoms with E-state index in [-0.39, 0.29) is 11.7 Å². The van der Waals surface area contributed by atoms with Crippen LogP contribution in [0.15, 0.2) is 0 Å². The fraction of sp³-hybridized carbons (Fsp3) is 0.889. The Bertz CT molecular complexity index is 226. The molecule has 76 valence electrons. The second-order valence-corrected chi connectivity index (χ2v) is 4.07. The second kappa shape index (κ2) is 3.01. The van der Waals surface area contributed by atoms with Gasteiger partial charge in [-0.1, -0.05) is 13.8 Å². The number of rotatable bonds is 2. The zero-order valence-electron chi connectivity index (χ0n) is 8.06. The number of ether oxygens (including phenoxy) is 1. The monoisotopic (exact) mass is 192 g/mol. The molecule has 13 heavy (non-hydrogen) atoms. The van der Waals surface area contributed by atoms with E-state index in [1.807, 2.05) is 0 Å². The highest BCUT2D eigenvalue weighted by Gasteiger charge is 2.52. The van der Waals surface area contributed by atoms with Gasteiger partial charge >= 0.3 is 0 Å². The van der Waals surface area contributed by atoms with Crippen LogP contribution in [0.4, 0.5) is 8.78 Å². The molecule has 1 heterocycles. The summed E-state index contributed by atoms with van der Waals surface area (Å²) in [5, 5.41) is 0. The Balaban J connectivity index is 2.75. The molecule has 0 unspecified atom stereocenters. The predicted octanol–water partition coefficient (Wildman–Crippen LogP) is 2.03. The molecule has 1 aliphatic heterocycles. The summed E-state index contributed by atoms with van der Waals surface area (Å²) < 4.78 is 30.5. The lowest BCUT2D eigenvalue weighted by molar-refractivity contribution is -0.140. The maximum Gasteiger partial charge on any atom is 0.274 e. The minimum atomic E-state index is -2.85. The van der Waals surface area contributed by atoms with Gasteiger partial charge in [-0.15, -0.1) is 0 Å². The van der Waals surface area contributed by atoms with E-state index in [0.29, 0.717) is 0 Å². The van der Waals surface area contributed by atoms with Crippen LogP contribution in [0.1, 0.15) is 27.2 Å². The van der Waals surface area contributed by atoms with Crippen LogP contribution in [0.2, 0.25) is 0 Å². The lowest BCUT2D eigenvalue weighted by atomic mass is 9.89. The van der Waals surface area contributed by atoms with Gasteiger partial charge in [-0.05, 0) is 6.92 Å². The van der Waals surface area contributed by atoms with Crippen LogP contribution in [0.3, 0.4) is 0 Å². The van der Waals surface area contributed by atoms with Crippen LogP contribution < -0.4 is 0 Å². The lowest BCUT2D eigenvalue weighted by Gasteiger charge is -2.22. The number of alkyl halides is 2. The van der Waals surface area contributed by atoms with Gasteiger partial charge in [0.15, 0.2) is 5.78 Å². The fourth-order valence-corrected chi connectivity index (χ4v) is 1.63. The molecule has 1 rings (SSSR count). The number of halogens is 2. The molecular weight excluding hydrogens is 178 g/mol. The van der Waals surface area contributed by atoms with E-state index < -0.39 is 24.6 Å². The smallest absolute Gasteiger partial charge is 0.274 e. The zero-order valence-corrected chi connectivity index (χ0v) is 8.06. The minimum Gasteiger partial charge on any atom is -0.361 e. The highest BCUT2D eigenvalue weighted by atomic mass is 19.3. The molecule has 4 heteroatoms. The Morgan fingerprint density at radius 1 is 1.46 bits per heavy atom. The number of carbonyl (C=O) groups is 1. The molecule has 0 bridgehead atoms. The third-order valence-electron chi connectivity index (χ3n) is 2.24. The van der Waals surface area contributed by atoms with E-state index in [4.69, 9.17) is 4.74 Å². The van der Waals surface area contributed by atoms with E-state index in [2.05, 4.69) is 0 Å². The molecular formula is C9H14F2O2. The van der Waals surface area contributed by atoms with Gasteiger partial charge in [0.05, 0.1) is 0 Å². The largest absolute Gasteiger partial charge is 0.361 e. The summed E-state index contributed by atoms with van der Waals surface area (Å²) in [6.45, 7) is 4.18. The maximum absolute atomic E-state index is 12.8. The molecule has 0 aromatic rings. The van der Waals surface area contributed by atoms with Crippen molar-refractivity contribution in [2.75, 3.05) is 6.61 Å². The van der Waals surface area contributed by atoms with Gasteiger partial charge in [0, 0.05) is 12.3 Å². The highest BCUT2D eigenvalue weighted by molar-refractivity contribution is 5.88. The van der Waals surface area contributed by atoms with E-state index in [9.17, 15) is 13.6 Å². The van der Waals surface area contributed by atoms with Gasteiger partial charge in [-0.2, -0.15) is 0 Å². The topological polar surface area (TPSA) is 26.3 Å². The Kier molecular flexibility index (Phi) is 2.45. The van der Waals surface area contributed by atoms with Gasteiger partial charge in [0.2, 0.25) is 0 Å². The first-order chi connectivity index (χ1) is 5.77. The molecule has 2 nitrogen and oxygen atoms in total. The van der Waals surface area contributed by atoms with Crippen LogP contribution in [-0.2, 0) is 9.53 Å². The van der Waals surface area contributed by atoms with Crippen molar-refractivity contribution in [3.8, 4) is 0 Å². The molecule has 0 aromatic heterocycles. The Hall–Kier alpha value is -0.510. The molecule has 0 aliphatic carbocycles. The van der Waals surface area contributed by atoms with Gasteiger partial charge in [-0.3, -0.25) is 4.79 Å². The summed E-state index contributed by atoms with van der Waals surface area (Å²) in [7, 11) is 0. The molecule has 0 spiro atoms. The van der Waals surface area contributed by atoms with Crippen LogP contribution in [0, 0.1) is 5.92 Å². The summed E-state index contributed by atoms with van der Waals surface area (Å²) in [6.07, 6.45) is -0.489. The van der Waals surface area contributed by atoms with Crippen LogP contribution >= 0.6 is 0 Å². The summed E-state index contributed by atoms with van der Waals surface area (Å²) in [5.41, 5.74) is -1.28. The molecule has 1 fully saturated rings. The van der Waals surface area contributed by atoms with Crippen molar-refractivity contribution in [2.45, 2.75) is 38.7 Å². The first kappa shape index (κ1) is 10.6. The Morgan fingerprint density at radius 3 is 2.31 bits per heavy atom. The average Bonchev–Trinajstić information content (AvgIpc) is 2.25. The number of hydrogen-bond acceptors (Lipinski definition) is 2. The standard InChI is InChI=1S/C9H14F2O2/c1-6(2)7(12)8(3)4-9(10,11)5-13-8/h6H,4-5H2,1-3H3/t8-/m0/s1. The average molecular weight is 192 g/mol. The summed E-state index contributed by atoms with van der Waals surface area (Å²) >= 11 is 0. The SMILES string of the molecule is CC(C)C(=O)[C@]1(C)CC(F)(F)CO1. The van der Waals surface area contributed by atoms with Gasteiger partial charge < -0.3 is 4.74 Å². The quantitative estimate of drug-likeness (QED) is 0.669. The molecule has 0 saturated carbocycles. The molecule has 1 saturated heterocycles. The zero-order chi connectivity index (χ0) is 10.3. The van der Waals surface area contributed by atoms with Crippen molar-refractivity contribution in [2.24, 2.45) is 5.92 Å². The molecule has 0 aromatic carbocycles. The Morgan fingerprint density at radius 2 is 2.00 bits per heavy atom. The van der Waals surface area contributed by atoms with Crippen molar-refractivity contribution in [1.29, 1.82) is 0 Å². The van der Waals surface area contributed by atoms with E-state index >= 15 is 0 Å². The van der Waals surface area contributed by atoms with Crippen molar-refractivity contribution >= 4 is 5.78 Å². The molecule has 0 radical (unpaired) electrons. The highest BCUT2D eigenvalue weighted by Crippen LogP contribution is 2.38. The van der Waals surface area contributed by atoms with Gasteiger partial charge in [-0.25, -0.2) is 8.78 Å². The van der Waals surface area contributed by atoms with Crippen molar-refractivity contribution in [1.82, 2.24) is 0 Å². The summed E-state index contributed by atoms with van der Waals surface area (Å²) in [4.78, 5) is 11.5. The van der Waals surface area contributed by atoms with E-state index in [0.717, 1.165) is 0 Å². The lowest BCUT2D eigenvalue weighted by Crippen LogP contribution is -2.38. The van der Waals surface area contributed by atoms with Crippen LogP contribution in [0.25, 0.3) is 0 Å². The normalized spacial score (nSPS) is 32.5. The van der Waals surface area contributed by atoms with E-state index in [1.165, 1.54) is 6.92 Å². The second-order valence-electron chi connectivity index (χ2n) is 4.07. The van der Waals surface area contributed by atoms with Gasteiger partial charge in [0.1, 0.15) is 12.2 Å². The fourth-order valence-electron chi connectivity index (χ4n) is 1.63. The first-order valence-electron chi connectivity index (χ1n) is 4.33. The molecule has 0 N–H and O–H groups in total. The minimum absolute atomic E-state index is 0.246. The summed E-state index contributed by atoms with van der Waals surface area (Å²) in [6, 6.07) is 0. The third-order valence-corrected chi connectivity index (χ3v) is 2.24. The van der Waals surface area contributed by atoms with Crippen molar-refractivity contribution in [3.05, 3.63) is 0 Å². The molecule has 1 aliphatic rings. The Labute approximate surface area is 76.3 Å². The third kappa shape index (κ3) is 2.05. The maximum atomic E-state index is 12.8. The van der Waals surface area contributed by atoms with Crippen LogP contribution in [-0.4, -0.2) is 23.9 Å². The predicted molar refractivity (Wildman–Crippen MR) is 43.8 cm³/mol. The number of Topliss-reactive ketones (excluding diaryl/α,β-unsaturated/α-hetero) is 1. The summed E-state index contributed by atoms with van der Waals surface area (Å²) in [5.74, 6) is -3.36.